The molecular weight excluding hydrogens is 478 g/mol. The van der Waals surface area contributed by atoms with Crippen molar-refractivity contribution < 1.29 is 0 Å². The zero-order valence-corrected chi connectivity index (χ0v) is 24.7. The summed E-state index contributed by atoms with van der Waals surface area (Å²) in [5, 5.41) is 0. The molecule has 6 heterocycles. The van der Waals surface area contributed by atoms with Gasteiger partial charge in [0, 0.05) is 33.1 Å². The minimum Gasteiger partial charge on any atom is -0.355 e. The molecule has 5 heteroatoms. The lowest BCUT2D eigenvalue weighted by atomic mass is 10.0. The van der Waals surface area contributed by atoms with Gasteiger partial charge in [-0.3, -0.25) is 0 Å². The van der Waals surface area contributed by atoms with Crippen molar-refractivity contribution >= 4 is 55.4 Å². The lowest BCUT2D eigenvalue weighted by molar-refractivity contribution is 1.20. The molecule has 6 rings (SSSR count). The molecule has 0 radical (unpaired) electrons. The van der Waals surface area contributed by atoms with E-state index in [1.807, 2.05) is 0 Å². The molecule has 0 fully saturated rings. The SMILES string of the molecule is CC1=C(C)c2nc1cc1[nH]c(cc3[nH]c(cc4[nH]c(cc5nc2C(C)=C5C)c(C)c4C)c(C)c3C)c(C)c1C. The Bertz CT molecular complexity index is 1860. The quantitative estimate of drug-likeness (QED) is 0.218. The number of aromatic amines is 3. The summed E-state index contributed by atoms with van der Waals surface area (Å²) in [4.78, 5) is 21.3. The minimum absolute atomic E-state index is 0.975. The molecule has 5 nitrogen and oxygen atoms in total. The molecule has 3 N–H and O–H groups in total. The third-order valence-corrected chi connectivity index (χ3v) is 9.35. The first-order chi connectivity index (χ1) is 18.5. The highest BCUT2D eigenvalue weighted by Gasteiger charge is 2.23. The van der Waals surface area contributed by atoms with Crippen molar-refractivity contribution in [1.82, 2.24) is 24.9 Å². The van der Waals surface area contributed by atoms with Crippen molar-refractivity contribution in [2.24, 2.45) is 0 Å². The van der Waals surface area contributed by atoms with Gasteiger partial charge in [-0.25, -0.2) is 9.97 Å². The Balaban J connectivity index is 1.83. The molecule has 2 aliphatic rings. The molecule has 4 aromatic rings. The second kappa shape index (κ2) is 8.70. The monoisotopic (exact) mass is 515 g/mol. The van der Waals surface area contributed by atoms with Crippen LogP contribution in [0.2, 0.25) is 0 Å². The van der Waals surface area contributed by atoms with Crippen molar-refractivity contribution in [3.63, 3.8) is 0 Å². The van der Waals surface area contributed by atoms with Crippen molar-refractivity contribution in [3.05, 3.63) is 80.4 Å². The number of hydrogen-bond donors (Lipinski definition) is 3. The van der Waals surface area contributed by atoms with Crippen LogP contribution >= 0.6 is 0 Å². The van der Waals surface area contributed by atoms with Crippen LogP contribution in [0.4, 0.5) is 0 Å². The summed E-state index contributed by atoms with van der Waals surface area (Å²) < 4.78 is 0. The Kier molecular flexibility index (Phi) is 5.62. The Labute approximate surface area is 229 Å². The van der Waals surface area contributed by atoms with Gasteiger partial charge in [-0.15, -0.1) is 0 Å². The molecule has 0 saturated carbocycles. The number of hydrogen-bond acceptors (Lipinski definition) is 2. The zero-order valence-electron chi connectivity index (χ0n) is 24.7. The zero-order chi connectivity index (χ0) is 27.9. The van der Waals surface area contributed by atoms with Crippen molar-refractivity contribution in [1.29, 1.82) is 0 Å². The second-order valence-corrected chi connectivity index (χ2v) is 11.4. The number of rotatable bonds is 0. The van der Waals surface area contributed by atoms with Gasteiger partial charge in [0.2, 0.25) is 0 Å². The highest BCUT2D eigenvalue weighted by Crippen LogP contribution is 2.38. The lowest BCUT2D eigenvalue weighted by Crippen LogP contribution is -1.88. The van der Waals surface area contributed by atoms with Gasteiger partial charge < -0.3 is 15.0 Å². The predicted molar refractivity (Wildman–Crippen MR) is 166 cm³/mol. The molecule has 4 aromatic heterocycles. The Morgan fingerprint density at radius 3 is 0.897 bits per heavy atom. The van der Waals surface area contributed by atoms with Gasteiger partial charge in [0.25, 0.3) is 0 Å². The van der Waals surface area contributed by atoms with E-state index in [4.69, 9.17) is 9.97 Å². The second-order valence-electron chi connectivity index (χ2n) is 11.4. The maximum atomic E-state index is 5.14. The molecule has 10 bridgehead atoms. The molecule has 0 amide bonds. The predicted octanol–water partition coefficient (Wildman–Crippen LogP) is 9.11. The normalized spacial score (nSPS) is 13.7. The fourth-order valence-corrected chi connectivity index (χ4v) is 5.70. The number of nitrogens with zero attached hydrogens (tertiary/aromatic N) is 2. The third-order valence-electron chi connectivity index (χ3n) is 9.35. The number of aromatic nitrogens is 5. The number of allylic oxidation sites excluding steroid dienone is 4. The van der Waals surface area contributed by atoms with Gasteiger partial charge in [-0.05, 0) is 149 Å². The molecule has 0 saturated heterocycles. The first-order valence-electron chi connectivity index (χ1n) is 13.7. The summed E-state index contributed by atoms with van der Waals surface area (Å²) in [5.74, 6) is 0. The van der Waals surface area contributed by atoms with E-state index < -0.39 is 0 Å². The Morgan fingerprint density at radius 2 is 0.615 bits per heavy atom. The topological polar surface area (TPSA) is 73.2 Å². The summed E-state index contributed by atoms with van der Waals surface area (Å²) >= 11 is 0. The highest BCUT2D eigenvalue weighted by molar-refractivity contribution is 5.99. The van der Waals surface area contributed by atoms with Crippen LogP contribution < -0.4 is 0 Å². The van der Waals surface area contributed by atoms with E-state index in [2.05, 4.69) is 108 Å². The van der Waals surface area contributed by atoms with Gasteiger partial charge in [0.15, 0.2) is 0 Å². The molecule has 198 valence electrons. The van der Waals surface area contributed by atoms with E-state index in [9.17, 15) is 0 Å². The lowest BCUT2D eigenvalue weighted by Gasteiger charge is -2.00. The van der Waals surface area contributed by atoms with Crippen LogP contribution in [0.3, 0.4) is 0 Å². The van der Waals surface area contributed by atoms with E-state index in [0.717, 1.165) is 55.9 Å². The molecule has 0 aromatic carbocycles. The van der Waals surface area contributed by atoms with Gasteiger partial charge in [0.05, 0.1) is 22.8 Å². The maximum absolute atomic E-state index is 5.14. The maximum Gasteiger partial charge on any atom is 0.0929 e. The van der Waals surface area contributed by atoms with Crippen LogP contribution in [0.5, 0.6) is 0 Å². The summed E-state index contributed by atoms with van der Waals surface area (Å²) in [6.45, 7) is 21.8. The van der Waals surface area contributed by atoms with Crippen LogP contribution in [0, 0.1) is 41.5 Å². The smallest absolute Gasteiger partial charge is 0.0929 e. The fourth-order valence-electron chi connectivity index (χ4n) is 5.70. The summed E-state index contributed by atoms with van der Waals surface area (Å²) in [6, 6.07) is 8.86. The average Bonchev–Trinajstić information content (AvgIpc) is 3.60. The number of fused-ring (bicyclic) bond motifs is 11. The first-order valence-corrected chi connectivity index (χ1v) is 13.7. The molecule has 2 aliphatic heterocycles. The van der Waals surface area contributed by atoms with E-state index in [0.29, 0.717) is 0 Å². The molecule has 0 spiro atoms. The van der Waals surface area contributed by atoms with Crippen molar-refractivity contribution in [2.45, 2.75) is 69.2 Å². The summed E-state index contributed by atoms with van der Waals surface area (Å²) in [7, 11) is 0. The van der Waals surface area contributed by atoms with Crippen LogP contribution in [0.15, 0.2) is 24.3 Å². The van der Waals surface area contributed by atoms with Gasteiger partial charge in [-0.1, -0.05) is 0 Å². The number of aryl methyl sites for hydroxylation is 6. The minimum atomic E-state index is 0.975. The fraction of sp³-hybridized carbons (Fsp3) is 0.294. The third kappa shape index (κ3) is 3.75. The largest absolute Gasteiger partial charge is 0.355 e. The van der Waals surface area contributed by atoms with E-state index in [1.54, 1.807) is 0 Å². The van der Waals surface area contributed by atoms with Crippen molar-refractivity contribution in [3.8, 4) is 0 Å². The van der Waals surface area contributed by atoms with E-state index in [-0.39, 0.29) is 0 Å². The number of nitrogens with one attached hydrogen (secondary N) is 3. The van der Waals surface area contributed by atoms with Gasteiger partial charge >= 0.3 is 0 Å². The molecule has 0 aliphatic carbocycles. The molecular formula is C34H37N5. The van der Waals surface area contributed by atoms with Gasteiger partial charge in [-0.2, -0.15) is 0 Å². The van der Waals surface area contributed by atoms with E-state index in [1.165, 1.54) is 55.7 Å². The van der Waals surface area contributed by atoms with Crippen LogP contribution in [0.1, 0.15) is 83.9 Å². The molecule has 39 heavy (non-hydrogen) atoms. The van der Waals surface area contributed by atoms with Crippen molar-refractivity contribution in [2.75, 3.05) is 0 Å². The van der Waals surface area contributed by atoms with E-state index >= 15 is 0 Å². The average molecular weight is 516 g/mol. The first kappa shape index (κ1) is 25.2. The van der Waals surface area contributed by atoms with Crippen LogP contribution in [0.25, 0.3) is 55.4 Å². The summed E-state index contributed by atoms with van der Waals surface area (Å²) in [5.41, 5.74) is 22.9. The van der Waals surface area contributed by atoms with Crippen LogP contribution in [-0.2, 0) is 0 Å². The number of H-pyrrole nitrogens is 3. The molecule has 0 atom stereocenters. The molecule has 0 unspecified atom stereocenters. The van der Waals surface area contributed by atoms with Gasteiger partial charge in [0.1, 0.15) is 0 Å². The van der Waals surface area contributed by atoms with Crippen LogP contribution in [-0.4, -0.2) is 24.9 Å². The standard InChI is InChI=1S/C34H37N5/c1-15-16(2)26-12-28-18(4)20(6)30(37-28)14-32-22(8)24(10)34(39-32)33-23(9)21(7)31(38-33)13-29-19(5)17(3)27(36-29)11-25(15)35-26/h11-14,35-37H,1-10H3. The highest BCUT2D eigenvalue weighted by atomic mass is 14.8. The Morgan fingerprint density at radius 1 is 0.359 bits per heavy atom. The Hall–Kier alpha value is -4.12. The summed E-state index contributed by atoms with van der Waals surface area (Å²) in [6.07, 6.45) is 0.